The van der Waals surface area contributed by atoms with Crippen molar-refractivity contribution in [2.24, 2.45) is 0 Å². The summed E-state index contributed by atoms with van der Waals surface area (Å²) in [7, 11) is 0. The lowest BCUT2D eigenvalue weighted by molar-refractivity contribution is 0.198. The highest BCUT2D eigenvalue weighted by molar-refractivity contribution is 5.40. The second kappa shape index (κ2) is 3.11. The summed E-state index contributed by atoms with van der Waals surface area (Å²) in [6.45, 7) is 1.39. The standard InChI is InChI=1S/C9H10N2O2/c10-5-8-1-2-9(13-8)11-4-3-7(12)6-11/h1-2,7,12H,3-4,6H2/t7-/m1/s1. The molecule has 1 atom stereocenters. The Labute approximate surface area is 76.0 Å². The molecule has 2 rings (SSSR count). The van der Waals surface area contributed by atoms with Gasteiger partial charge < -0.3 is 14.4 Å². The van der Waals surface area contributed by atoms with Gasteiger partial charge in [-0.3, -0.25) is 0 Å². The van der Waals surface area contributed by atoms with E-state index in [4.69, 9.17) is 9.68 Å². The molecule has 1 aliphatic heterocycles. The van der Waals surface area contributed by atoms with Gasteiger partial charge in [-0.2, -0.15) is 5.26 Å². The number of furan rings is 1. The largest absolute Gasteiger partial charge is 0.430 e. The number of aliphatic hydroxyl groups excluding tert-OH is 1. The summed E-state index contributed by atoms with van der Waals surface area (Å²) in [6, 6.07) is 5.33. The third kappa shape index (κ3) is 1.51. The topological polar surface area (TPSA) is 60.4 Å². The van der Waals surface area contributed by atoms with Crippen LogP contribution < -0.4 is 4.90 Å². The Bertz CT molecular complexity index is 340. The summed E-state index contributed by atoms with van der Waals surface area (Å²) < 4.78 is 5.22. The van der Waals surface area contributed by atoms with Crippen LogP contribution in [0.5, 0.6) is 0 Å². The maximum atomic E-state index is 9.28. The average molecular weight is 178 g/mol. The Morgan fingerprint density at radius 1 is 1.62 bits per heavy atom. The van der Waals surface area contributed by atoms with Crippen molar-refractivity contribution in [1.82, 2.24) is 0 Å². The summed E-state index contributed by atoms with van der Waals surface area (Å²) in [4.78, 5) is 1.94. The fourth-order valence-corrected chi connectivity index (χ4v) is 1.50. The lowest BCUT2D eigenvalue weighted by Gasteiger charge is -2.12. The SMILES string of the molecule is N#Cc1ccc(N2CC[C@@H](O)C2)o1. The van der Waals surface area contributed by atoms with Gasteiger partial charge >= 0.3 is 0 Å². The Balaban J connectivity index is 2.13. The Hall–Kier alpha value is -1.47. The van der Waals surface area contributed by atoms with Gasteiger partial charge in [0.2, 0.25) is 5.76 Å². The minimum Gasteiger partial charge on any atom is -0.430 e. The molecule has 0 unspecified atom stereocenters. The summed E-state index contributed by atoms with van der Waals surface area (Å²) in [6.07, 6.45) is 0.499. The fourth-order valence-electron chi connectivity index (χ4n) is 1.50. The third-order valence-electron chi connectivity index (χ3n) is 2.18. The van der Waals surface area contributed by atoms with Gasteiger partial charge in [-0.05, 0) is 12.5 Å². The first kappa shape index (κ1) is 8.14. The predicted molar refractivity (Wildman–Crippen MR) is 46.3 cm³/mol. The van der Waals surface area contributed by atoms with Crippen LogP contribution in [-0.4, -0.2) is 24.3 Å². The summed E-state index contributed by atoms with van der Waals surface area (Å²) in [5.74, 6) is 0.990. The molecule has 0 aliphatic carbocycles. The van der Waals surface area contributed by atoms with Crippen LogP contribution in [0.1, 0.15) is 12.2 Å². The number of nitriles is 1. The second-order valence-corrected chi connectivity index (χ2v) is 3.14. The Kier molecular flexibility index (Phi) is 1.95. The van der Waals surface area contributed by atoms with Crippen LogP contribution in [0.4, 0.5) is 5.88 Å². The van der Waals surface area contributed by atoms with Crippen molar-refractivity contribution in [3.05, 3.63) is 17.9 Å². The fraction of sp³-hybridized carbons (Fsp3) is 0.444. The van der Waals surface area contributed by atoms with Crippen molar-refractivity contribution in [2.45, 2.75) is 12.5 Å². The van der Waals surface area contributed by atoms with Gasteiger partial charge in [0.15, 0.2) is 5.88 Å². The zero-order valence-corrected chi connectivity index (χ0v) is 7.10. The lowest BCUT2D eigenvalue weighted by atomic mass is 10.3. The van der Waals surface area contributed by atoms with Crippen molar-refractivity contribution in [1.29, 1.82) is 5.26 Å². The van der Waals surface area contributed by atoms with E-state index in [0.717, 1.165) is 13.0 Å². The first-order valence-electron chi connectivity index (χ1n) is 4.22. The van der Waals surface area contributed by atoms with Crippen LogP contribution in [0, 0.1) is 11.3 Å². The molecule has 0 saturated carbocycles. The molecule has 0 bridgehead atoms. The highest BCUT2D eigenvalue weighted by atomic mass is 16.4. The van der Waals surface area contributed by atoms with Crippen molar-refractivity contribution >= 4 is 5.88 Å². The molecule has 0 spiro atoms. The minimum absolute atomic E-state index is 0.268. The zero-order chi connectivity index (χ0) is 9.26. The Morgan fingerprint density at radius 3 is 3.00 bits per heavy atom. The predicted octanol–water partition coefficient (Wildman–Crippen LogP) is 0.722. The molecule has 1 fully saturated rings. The van der Waals surface area contributed by atoms with Crippen molar-refractivity contribution in [3.8, 4) is 6.07 Å². The van der Waals surface area contributed by atoms with Crippen LogP contribution in [0.2, 0.25) is 0 Å². The maximum Gasteiger partial charge on any atom is 0.206 e. The summed E-state index contributed by atoms with van der Waals surface area (Å²) in [5.41, 5.74) is 0. The molecule has 4 nitrogen and oxygen atoms in total. The molecule has 4 heteroatoms. The second-order valence-electron chi connectivity index (χ2n) is 3.14. The number of anilines is 1. The van der Waals surface area contributed by atoms with Gasteiger partial charge in [0.05, 0.1) is 6.10 Å². The molecule has 1 saturated heterocycles. The van der Waals surface area contributed by atoms with Crippen LogP contribution in [0.25, 0.3) is 0 Å². The smallest absolute Gasteiger partial charge is 0.206 e. The van der Waals surface area contributed by atoms with E-state index < -0.39 is 0 Å². The molecular weight excluding hydrogens is 168 g/mol. The maximum absolute atomic E-state index is 9.28. The van der Waals surface area contributed by atoms with E-state index in [9.17, 15) is 5.11 Å². The van der Waals surface area contributed by atoms with E-state index in [0.29, 0.717) is 18.2 Å². The number of nitrogens with zero attached hydrogens (tertiary/aromatic N) is 2. The molecule has 0 amide bonds. The van der Waals surface area contributed by atoms with E-state index in [1.54, 1.807) is 12.1 Å². The van der Waals surface area contributed by atoms with Gasteiger partial charge in [0.1, 0.15) is 6.07 Å². The van der Waals surface area contributed by atoms with E-state index in [1.165, 1.54) is 0 Å². The van der Waals surface area contributed by atoms with Crippen molar-refractivity contribution in [2.75, 3.05) is 18.0 Å². The molecule has 1 aliphatic rings. The Morgan fingerprint density at radius 2 is 2.46 bits per heavy atom. The van der Waals surface area contributed by atoms with E-state index in [2.05, 4.69) is 0 Å². The molecule has 2 heterocycles. The summed E-state index contributed by atoms with van der Waals surface area (Å²) in [5, 5.41) is 17.8. The van der Waals surface area contributed by atoms with E-state index in [-0.39, 0.29) is 6.10 Å². The molecule has 0 radical (unpaired) electrons. The average Bonchev–Trinajstić information content (AvgIpc) is 2.71. The minimum atomic E-state index is -0.268. The van der Waals surface area contributed by atoms with Crippen molar-refractivity contribution < 1.29 is 9.52 Å². The molecule has 68 valence electrons. The quantitative estimate of drug-likeness (QED) is 0.688. The molecule has 0 aromatic carbocycles. The van der Waals surface area contributed by atoms with Gasteiger partial charge in [0, 0.05) is 19.2 Å². The van der Waals surface area contributed by atoms with Gasteiger partial charge in [0.25, 0.3) is 0 Å². The molecule has 13 heavy (non-hydrogen) atoms. The van der Waals surface area contributed by atoms with Crippen LogP contribution >= 0.6 is 0 Å². The number of aliphatic hydroxyl groups is 1. The highest BCUT2D eigenvalue weighted by Gasteiger charge is 2.22. The number of β-amino-alcohol motifs (C(OH)–C–C–N with tert-alkyl or cyclic N) is 1. The number of rotatable bonds is 1. The number of hydrogen-bond donors (Lipinski definition) is 1. The van der Waals surface area contributed by atoms with Gasteiger partial charge in [-0.15, -0.1) is 0 Å². The first-order chi connectivity index (χ1) is 6.29. The highest BCUT2D eigenvalue weighted by Crippen LogP contribution is 2.22. The van der Waals surface area contributed by atoms with E-state index in [1.807, 2.05) is 11.0 Å². The molecular formula is C9H10N2O2. The van der Waals surface area contributed by atoms with Crippen LogP contribution in [0.3, 0.4) is 0 Å². The van der Waals surface area contributed by atoms with Crippen LogP contribution in [-0.2, 0) is 0 Å². The summed E-state index contributed by atoms with van der Waals surface area (Å²) >= 11 is 0. The van der Waals surface area contributed by atoms with Crippen LogP contribution in [0.15, 0.2) is 16.5 Å². The van der Waals surface area contributed by atoms with E-state index >= 15 is 0 Å². The van der Waals surface area contributed by atoms with Crippen molar-refractivity contribution in [3.63, 3.8) is 0 Å². The normalized spacial score (nSPS) is 21.8. The first-order valence-corrected chi connectivity index (χ1v) is 4.22. The van der Waals surface area contributed by atoms with Gasteiger partial charge in [-0.25, -0.2) is 0 Å². The lowest BCUT2D eigenvalue weighted by Crippen LogP contribution is -2.20. The molecule has 1 aromatic heterocycles. The number of hydrogen-bond acceptors (Lipinski definition) is 4. The van der Waals surface area contributed by atoms with Gasteiger partial charge in [-0.1, -0.05) is 0 Å². The zero-order valence-electron chi connectivity index (χ0n) is 7.10. The molecule has 1 aromatic rings. The monoisotopic (exact) mass is 178 g/mol. The molecule has 1 N–H and O–H groups in total. The third-order valence-corrected chi connectivity index (χ3v) is 2.18.